The zero-order valence-corrected chi connectivity index (χ0v) is 12.5. The summed E-state index contributed by atoms with van der Waals surface area (Å²) in [6.07, 6.45) is 3.00. The number of anilines is 1. The highest BCUT2D eigenvalue weighted by atomic mass is 32.1. The van der Waals surface area contributed by atoms with Crippen molar-refractivity contribution in [2.75, 3.05) is 25.6 Å². The van der Waals surface area contributed by atoms with Gasteiger partial charge in [0.05, 0.1) is 17.3 Å². The Morgan fingerprint density at radius 3 is 2.84 bits per heavy atom. The second-order valence-corrected chi connectivity index (χ2v) is 5.39. The largest absolute Gasteiger partial charge is 0.383 e. The molecule has 0 saturated heterocycles. The summed E-state index contributed by atoms with van der Waals surface area (Å²) in [7, 11) is 1.70. The Hall–Kier alpha value is -1.40. The minimum atomic E-state index is 0.678. The van der Waals surface area contributed by atoms with Crippen LogP contribution in [-0.4, -0.2) is 34.8 Å². The zero-order chi connectivity index (χ0) is 13.7. The molecule has 6 heteroatoms. The number of ether oxygens (including phenoxy) is 1. The Bertz CT molecular complexity index is 520. The van der Waals surface area contributed by atoms with Crippen LogP contribution in [0.5, 0.6) is 0 Å². The zero-order valence-electron chi connectivity index (χ0n) is 11.6. The van der Waals surface area contributed by atoms with E-state index < -0.39 is 0 Å². The van der Waals surface area contributed by atoms with Crippen molar-refractivity contribution in [2.45, 2.75) is 26.8 Å². The second-order valence-electron chi connectivity index (χ2n) is 4.45. The third-order valence-electron chi connectivity index (χ3n) is 2.72. The van der Waals surface area contributed by atoms with Gasteiger partial charge in [-0.1, -0.05) is 0 Å². The van der Waals surface area contributed by atoms with Gasteiger partial charge >= 0.3 is 0 Å². The molecular weight excluding hydrogens is 260 g/mol. The molecule has 0 saturated carbocycles. The van der Waals surface area contributed by atoms with Gasteiger partial charge in [0.15, 0.2) is 0 Å². The predicted octanol–water partition coefficient (Wildman–Crippen LogP) is 2.26. The monoisotopic (exact) mass is 280 g/mol. The van der Waals surface area contributed by atoms with Crippen LogP contribution in [0.25, 0.3) is 0 Å². The predicted molar refractivity (Wildman–Crippen MR) is 77.9 cm³/mol. The van der Waals surface area contributed by atoms with Crippen molar-refractivity contribution in [1.82, 2.24) is 14.5 Å². The molecule has 0 bridgehead atoms. The molecule has 104 valence electrons. The van der Waals surface area contributed by atoms with Crippen LogP contribution in [0.2, 0.25) is 0 Å². The fourth-order valence-electron chi connectivity index (χ4n) is 1.86. The van der Waals surface area contributed by atoms with E-state index in [0.29, 0.717) is 6.61 Å². The molecule has 2 heterocycles. The van der Waals surface area contributed by atoms with Crippen LogP contribution in [0.3, 0.4) is 0 Å². The number of hydrogen-bond acceptors (Lipinski definition) is 5. The lowest BCUT2D eigenvalue weighted by Gasteiger charge is -2.08. The van der Waals surface area contributed by atoms with E-state index in [0.717, 1.165) is 36.8 Å². The van der Waals surface area contributed by atoms with Gasteiger partial charge in [0.25, 0.3) is 0 Å². The molecule has 0 spiro atoms. The first kappa shape index (κ1) is 14.0. The maximum absolute atomic E-state index is 5.03. The number of nitrogens with one attached hydrogen (secondary N) is 1. The molecule has 0 aliphatic carbocycles. The highest BCUT2D eigenvalue weighted by Crippen LogP contribution is 2.13. The van der Waals surface area contributed by atoms with Crippen LogP contribution >= 0.6 is 11.3 Å². The summed E-state index contributed by atoms with van der Waals surface area (Å²) in [6, 6.07) is 0. The number of rotatable bonds is 7. The molecule has 2 aromatic heterocycles. The Morgan fingerprint density at radius 1 is 1.32 bits per heavy atom. The van der Waals surface area contributed by atoms with Gasteiger partial charge in [-0.3, -0.25) is 0 Å². The molecule has 2 rings (SSSR count). The third kappa shape index (κ3) is 4.04. The summed E-state index contributed by atoms with van der Waals surface area (Å²) in [5.74, 6) is 0.905. The van der Waals surface area contributed by atoms with Crippen molar-refractivity contribution in [3.8, 4) is 0 Å². The van der Waals surface area contributed by atoms with Crippen molar-refractivity contribution in [2.24, 2.45) is 0 Å². The van der Waals surface area contributed by atoms with Gasteiger partial charge in [-0.25, -0.2) is 9.97 Å². The molecule has 5 nitrogen and oxygen atoms in total. The first-order valence-corrected chi connectivity index (χ1v) is 7.24. The molecule has 0 atom stereocenters. The Morgan fingerprint density at radius 2 is 2.16 bits per heavy atom. The second kappa shape index (κ2) is 6.68. The summed E-state index contributed by atoms with van der Waals surface area (Å²) >= 11 is 1.72. The van der Waals surface area contributed by atoms with Gasteiger partial charge in [-0.2, -0.15) is 0 Å². The SMILES string of the molecule is COCCNc1nc(C)cn1CCc1nc(C)cs1. The highest BCUT2D eigenvalue weighted by molar-refractivity contribution is 7.09. The summed E-state index contributed by atoms with van der Waals surface area (Å²) in [6.45, 7) is 6.37. The number of aryl methyl sites for hydroxylation is 4. The van der Waals surface area contributed by atoms with Gasteiger partial charge in [-0.05, 0) is 13.8 Å². The summed E-state index contributed by atoms with van der Waals surface area (Å²) in [5, 5.41) is 6.55. The molecule has 0 aliphatic heterocycles. The molecular formula is C13H20N4OS. The van der Waals surface area contributed by atoms with Crippen LogP contribution < -0.4 is 5.32 Å². The lowest BCUT2D eigenvalue weighted by Crippen LogP contribution is -2.13. The maximum atomic E-state index is 5.03. The lowest BCUT2D eigenvalue weighted by atomic mass is 10.4. The average Bonchev–Trinajstić information content (AvgIpc) is 2.94. The van der Waals surface area contributed by atoms with Crippen molar-refractivity contribution < 1.29 is 4.74 Å². The molecule has 0 unspecified atom stereocenters. The van der Waals surface area contributed by atoms with Gasteiger partial charge in [0.2, 0.25) is 5.95 Å². The molecule has 0 fully saturated rings. The number of thiazole rings is 1. The summed E-state index contributed by atoms with van der Waals surface area (Å²) in [5.41, 5.74) is 2.12. The minimum absolute atomic E-state index is 0.678. The fourth-order valence-corrected chi connectivity index (χ4v) is 2.62. The van der Waals surface area contributed by atoms with Crippen LogP contribution in [0.15, 0.2) is 11.6 Å². The van der Waals surface area contributed by atoms with E-state index in [9.17, 15) is 0 Å². The number of methoxy groups -OCH3 is 1. The van der Waals surface area contributed by atoms with Crippen LogP contribution in [0.4, 0.5) is 5.95 Å². The molecule has 0 radical (unpaired) electrons. The van der Waals surface area contributed by atoms with Crippen molar-refractivity contribution in [1.29, 1.82) is 0 Å². The molecule has 2 aromatic rings. The van der Waals surface area contributed by atoms with Crippen LogP contribution in [0.1, 0.15) is 16.4 Å². The molecule has 0 aromatic carbocycles. The van der Waals surface area contributed by atoms with Crippen molar-refractivity contribution >= 4 is 17.3 Å². The fraction of sp³-hybridized carbons (Fsp3) is 0.538. The van der Waals surface area contributed by atoms with E-state index in [1.807, 2.05) is 13.8 Å². The Balaban J connectivity index is 1.95. The maximum Gasteiger partial charge on any atom is 0.203 e. The van der Waals surface area contributed by atoms with E-state index in [-0.39, 0.29) is 0 Å². The van der Waals surface area contributed by atoms with Crippen LogP contribution in [0, 0.1) is 13.8 Å². The molecule has 0 aliphatic rings. The van der Waals surface area contributed by atoms with E-state index in [1.54, 1.807) is 18.4 Å². The minimum Gasteiger partial charge on any atom is -0.383 e. The van der Waals surface area contributed by atoms with Crippen molar-refractivity contribution in [3.63, 3.8) is 0 Å². The van der Waals surface area contributed by atoms with Crippen LogP contribution in [-0.2, 0) is 17.7 Å². The van der Waals surface area contributed by atoms with E-state index in [1.165, 1.54) is 5.01 Å². The standard InChI is InChI=1S/C13H20N4OS/c1-10-8-17(13(16-10)14-5-7-18-3)6-4-12-15-11(2)9-19-12/h8-9H,4-7H2,1-3H3,(H,14,16). The molecule has 1 N–H and O–H groups in total. The highest BCUT2D eigenvalue weighted by Gasteiger charge is 2.06. The normalized spacial score (nSPS) is 10.9. The van der Waals surface area contributed by atoms with Crippen molar-refractivity contribution in [3.05, 3.63) is 28.0 Å². The third-order valence-corrected chi connectivity index (χ3v) is 3.75. The quantitative estimate of drug-likeness (QED) is 0.790. The van der Waals surface area contributed by atoms with Gasteiger partial charge in [-0.15, -0.1) is 11.3 Å². The number of hydrogen-bond donors (Lipinski definition) is 1. The molecule has 19 heavy (non-hydrogen) atoms. The summed E-state index contributed by atoms with van der Waals surface area (Å²) in [4.78, 5) is 8.96. The van der Waals surface area contributed by atoms with E-state index in [4.69, 9.17) is 4.74 Å². The number of imidazole rings is 1. The van der Waals surface area contributed by atoms with Gasteiger partial charge in [0, 0.05) is 43.9 Å². The first-order chi connectivity index (χ1) is 9.19. The van der Waals surface area contributed by atoms with Gasteiger partial charge < -0.3 is 14.6 Å². The van der Waals surface area contributed by atoms with E-state index in [2.05, 4.69) is 31.4 Å². The lowest BCUT2D eigenvalue weighted by molar-refractivity contribution is 0.210. The van der Waals surface area contributed by atoms with E-state index >= 15 is 0 Å². The van der Waals surface area contributed by atoms with Gasteiger partial charge in [0.1, 0.15) is 0 Å². The molecule has 0 amide bonds. The Labute approximate surface area is 117 Å². The number of aromatic nitrogens is 3. The Kier molecular flexibility index (Phi) is 4.93. The first-order valence-electron chi connectivity index (χ1n) is 6.36. The average molecular weight is 280 g/mol. The number of nitrogens with zero attached hydrogens (tertiary/aromatic N) is 3. The topological polar surface area (TPSA) is 52.0 Å². The smallest absolute Gasteiger partial charge is 0.203 e. The summed E-state index contributed by atoms with van der Waals surface area (Å²) < 4.78 is 7.18.